The molecule has 0 heterocycles. The van der Waals surface area contributed by atoms with E-state index in [-0.39, 0.29) is 11.8 Å². The highest BCUT2D eigenvalue weighted by atomic mass is 16.2. The molecule has 2 fully saturated rings. The molecule has 0 aromatic heterocycles. The molecular formula is C17H30N2O2. The number of carbonyl (C=O) groups excluding carboxylic acids is 2. The summed E-state index contributed by atoms with van der Waals surface area (Å²) in [5, 5.41) is 6.10. The highest BCUT2D eigenvalue weighted by Gasteiger charge is 2.27. The number of hydrogen-bond donors (Lipinski definition) is 2. The summed E-state index contributed by atoms with van der Waals surface area (Å²) in [6, 6.07) is 0.823. The molecule has 0 saturated heterocycles. The van der Waals surface area contributed by atoms with Gasteiger partial charge in [-0.3, -0.25) is 9.59 Å². The SMILES string of the molecule is CC(=O)NC1CCC(CC2CCC(NC(C)=O)CC2)CC1. The van der Waals surface area contributed by atoms with Crippen molar-refractivity contribution in [3.8, 4) is 0 Å². The monoisotopic (exact) mass is 294 g/mol. The van der Waals surface area contributed by atoms with Crippen molar-refractivity contribution in [3.63, 3.8) is 0 Å². The van der Waals surface area contributed by atoms with Gasteiger partial charge in [0.2, 0.25) is 11.8 Å². The first kappa shape index (κ1) is 16.3. The second-order valence-corrected chi connectivity index (χ2v) is 7.07. The van der Waals surface area contributed by atoms with E-state index in [1.807, 2.05) is 0 Å². The van der Waals surface area contributed by atoms with Gasteiger partial charge in [0, 0.05) is 25.9 Å². The fourth-order valence-corrected chi connectivity index (χ4v) is 4.13. The zero-order valence-corrected chi connectivity index (χ0v) is 13.5. The zero-order chi connectivity index (χ0) is 15.2. The van der Waals surface area contributed by atoms with Gasteiger partial charge in [0.1, 0.15) is 0 Å². The maximum atomic E-state index is 11.1. The summed E-state index contributed by atoms with van der Waals surface area (Å²) in [6.07, 6.45) is 11.0. The summed E-state index contributed by atoms with van der Waals surface area (Å²) in [7, 11) is 0. The summed E-state index contributed by atoms with van der Waals surface area (Å²) in [5.74, 6) is 1.90. The molecule has 0 atom stereocenters. The van der Waals surface area contributed by atoms with Gasteiger partial charge in [-0.1, -0.05) is 0 Å². The standard InChI is InChI=1S/C17H30N2O2/c1-12(20)18-16-7-3-14(4-8-16)11-15-5-9-17(10-6-15)19-13(2)21/h14-17H,3-11H2,1-2H3,(H,18,20)(H,19,21). The van der Waals surface area contributed by atoms with Crippen LogP contribution in [0.5, 0.6) is 0 Å². The Morgan fingerprint density at radius 3 is 1.33 bits per heavy atom. The van der Waals surface area contributed by atoms with E-state index in [4.69, 9.17) is 0 Å². The van der Waals surface area contributed by atoms with E-state index in [1.165, 1.54) is 32.1 Å². The van der Waals surface area contributed by atoms with Crippen molar-refractivity contribution < 1.29 is 9.59 Å². The molecule has 2 amide bonds. The fourth-order valence-electron chi connectivity index (χ4n) is 4.13. The second kappa shape index (κ2) is 7.81. The third-order valence-electron chi connectivity index (χ3n) is 5.17. The van der Waals surface area contributed by atoms with Crippen LogP contribution in [0.3, 0.4) is 0 Å². The Hall–Kier alpha value is -1.06. The maximum Gasteiger partial charge on any atom is 0.217 e. The largest absolute Gasteiger partial charge is 0.354 e. The number of carbonyl (C=O) groups is 2. The molecule has 2 rings (SSSR count). The third kappa shape index (κ3) is 5.68. The molecule has 2 N–H and O–H groups in total. The van der Waals surface area contributed by atoms with Crippen LogP contribution in [-0.4, -0.2) is 23.9 Å². The predicted octanol–water partition coefficient (Wildman–Crippen LogP) is 2.77. The molecule has 0 radical (unpaired) electrons. The minimum Gasteiger partial charge on any atom is -0.354 e. The maximum absolute atomic E-state index is 11.1. The number of amides is 2. The van der Waals surface area contributed by atoms with Crippen LogP contribution in [0.15, 0.2) is 0 Å². The molecule has 0 aliphatic heterocycles. The lowest BCUT2D eigenvalue weighted by Gasteiger charge is -2.34. The van der Waals surface area contributed by atoms with Crippen molar-refractivity contribution >= 4 is 11.8 Å². The van der Waals surface area contributed by atoms with Crippen molar-refractivity contribution in [2.45, 2.75) is 83.7 Å². The summed E-state index contributed by atoms with van der Waals surface area (Å²) < 4.78 is 0. The van der Waals surface area contributed by atoms with Crippen molar-refractivity contribution in [2.24, 2.45) is 11.8 Å². The van der Waals surface area contributed by atoms with E-state index in [0.717, 1.165) is 37.5 Å². The van der Waals surface area contributed by atoms with E-state index in [9.17, 15) is 9.59 Å². The molecular weight excluding hydrogens is 264 g/mol. The van der Waals surface area contributed by atoms with Gasteiger partial charge < -0.3 is 10.6 Å². The van der Waals surface area contributed by atoms with Crippen molar-refractivity contribution in [1.82, 2.24) is 10.6 Å². The smallest absolute Gasteiger partial charge is 0.217 e. The van der Waals surface area contributed by atoms with Gasteiger partial charge in [-0.25, -0.2) is 0 Å². The normalized spacial score (nSPS) is 33.2. The zero-order valence-electron chi connectivity index (χ0n) is 13.5. The summed E-state index contributed by atoms with van der Waals surface area (Å²) in [6.45, 7) is 3.22. The highest BCUT2D eigenvalue weighted by Crippen LogP contribution is 2.35. The Morgan fingerprint density at radius 1 is 0.714 bits per heavy atom. The summed E-state index contributed by atoms with van der Waals surface area (Å²) in [4.78, 5) is 22.2. The van der Waals surface area contributed by atoms with Crippen molar-refractivity contribution in [2.75, 3.05) is 0 Å². The topological polar surface area (TPSA) is 58.2 Å². The average molecular weight is 294 g/mol. The van der Waals surface area contributed by atoms with Crippen LogP contribution in [0.1, 0.15) is 71.6 Å². The van der Waals surface area contributed by atoms with Crippen LogP contribution >= 0.6 is 0 Å². The Balaban J connectivity index is 1.64. The van der Waals surface area contributed by atoms with Crippen LogP contribution in [0.25, 0.3) is 0 Å². The van der Waals surface area contributed by atoms with Crippen molar-refractivity contribution in [3.05, 3.63) is 0 Å². The molecule has 0 aromatic rings. The Labute approximate surface area is 128 Å². The number of nitrogens with one attached hydrogen (secondary N) is 2. The van der Waals surface area contributed by atoms with E-state index in [2.05, 4.69) is 10.6 Å². The first-order chi connectivity index (χ1) is 10.0. The quantitative estimate of drug-likeness (QED) is 0.837. The predicted molar refractivity (Wildman–Crippen MR) is 83.7 cm³/mol. The molecule has 21 heavy (non-hydrogen) atoms. The lowest BCUT2D eigenvalue weighted by atomic mass is 9.75. The fraction of sp³-hybridized carbons (Fsp3) is 0.882. The van der Waals surface area contributed by atoms with Gasteiger partial charge in [0.05, 0.1) is 0 Å². The van der Waals surface area contributed by atoms with Gasteiger partial charge in [-0.05, 0) is 69.6 Å². The third-order valence-corrected chi connectivity index (χ3v) is 5.17. The Bertz CT molecular complexity index is 320. The summed E-state index contributed by atoms with van der Waals surface area (Å²) in [5.41, 5.74) is 0. The first-order valence-electron chi connectivity index (χ1n) is 8.57. The second-order valence-electron chi connectivity index (χ2n) is 7.07. The van der Waals surface area contributed by atoms with E-state index in [1.54, 1.807) is 13.8 Å². The lowest BCUT2D eigenvalue weighted by molar-refractivity contribution is -0.120. The number of hydrogen-bond acceptors (Lipinski definition) is 2. The molecule has 2 saturated carbocycles. The first-order valence-corrected chi connectivity index (χ1v) is 8.57. The average Bonchev–Trinajstić information content (AvgIpc) is 2.42. The highest BCUT2D eigenvalue weighted by molar-refractivity contribution is 5.73. The van der Waals surface area contributed by atoms with Gasteiger partial charge in [-0.15, -0.1) is 0 Å². The summed E-state index contributed by atoms with van der Waals surface area (Å²) >= 11 is 0. The lowest BCUT2D eigenvalue weighted by Crippen LogP contribution is -2.37. The number of rotatable bonds is 4. The molecule has 4 nitrogen and oxygen atoms in total. The molecule has 0 unspecified atom stereocenters. The molecule has 120 valence electrons. The molecule has 0 bridgehead atoms. The van der Waals surface area contributed by atoms with Gasteiger partial charge >= 0.3 is 0 Å². The van der Waals surface area contributed by atoms with Crippen molar-refractivity contribution in [1.29, 1.82) is 0 Å². The van der Waals surface area contributed by atoms with Gasteiger partial charge in [0.15, 0.2) is 0 Å². The van der Waals surface area contributed by atoms with Crippen LogP contribution in [0.2, 0.25) is 0 Å². The van der Waals surface area contributed by atoms with E-state index < -0.39 is 0 Å². The van der Waals surface area contributed by atoms with Crippen LogP contribution < -0.4 is 10.6 Å². The van der Waals surface area contributed by atoms with Gasteiger partial charge in [-0.2, -0.15) is 0 Å². The van der Waals surface area contributed by atoms with Gasteiger partial charge in [0.25, 0.3) is 0 Å². The molecule has 2 aliphatic rings. The van der Waals surface area contributed by atoms with E-state index >= 15 is 0 Å². The molecule has 2 aliphatic carbocycles. The Morgan fingerprint density at radius 2 is 1.05 bits per heavy atom. The molecule has 0 aromatic carbocycles. The van der Waals surface area contributed by atoms with Crippen LogP contribution in [0.4, 0.5) is 0 Å². The van der Waals surface area contributed by atoms with Crippen LogP contribution in [0, 0.1) is 11.8 Å². The molecule has 0 spiro atoms. The molecule has 4 heteroatoms. The van der Waals surface area contributed by atoms with Crippen LogP contribution in [-0.2, 0) is 9.59 Å². The van der Waals surface area contributed by atoms with E-state index in [0.29, 0.717) is 12.1 Å². The minimum atomic E-state index is 0.106. The minimum absolute atomic E-state index is 0.106. The Kier molecular flexibility index (Phi) is 6.07.